The number of aromatic nitrogens is 3. The summed E-state index contributed by atoms with van der Waals surface area (Å²) in [6, 6.07) is 5.36. The summed E-state index contributed by atoms with van der Waals surface area (Å²) >= 11 is 0. The van der Waals surface area contributed by atoms with E-state index in [9.17, 15) is 8.42 Å². The van der Waals surface area contributed by atoms with E-state index in [0.717, 1.165) is 5.56 Å². The fourth-order valence-corrected chi connectivity index (χ4v) is 2.49. The highest BCUT2D eigenvalue weighted by atomic mass is 35.7. The van der Waals surface area contributed by atoms with Gasteiger partial charge in [0.05, 0.1) is 0 Å². The molecule has 0 saturated carbocycles. The van der Waals surface area contributed by atoms with Crippen LogP contribution in [0.15, 0.2) is 29.6 Å². The highest BCUT2D eigenvalue weighted by molar-refractivity contribution is 8.13. The molecule has 0 bridgehead atoms. The minimum Gasteiger partial charge on any atom is -0.329 e. The van der Waals surface area contributed by atoms with Gasteiger partial charge < -0.3 is 4.57 Å². The quantitative estimate of drug-likeness (QED) is 0.802. The molecule has 0 saturated heterocycles. The van der Waals surface area contributed by atoms with Gasteiger partial charge in [0.25, 0.3) is 9.05 Å². The highest BCUT2D eigenvalue weighted by Crippen LogP contribution is 2.16. The maximum atomic E-state index is 11.3. The van der Waals surface area contributed by atoms with E-state index in [1.54, 1.807) is 16.7 Å². The first-order chi connectivity index (χ1) is 9.44. The summed E-state index contributed by atoms with van der Waals surface area (Å²) in [7, 11) is 1.45. The average molecular weight is 311 g/mol. The van der Waals surface area contributed by atoms with Gasteiger partial charge in [0, 0.05) is 36.0 Å². The molecule has 2 aromatic heterocycles. The Labute approximate surface area is 121 Å². The Morgan fingerprint density at radius 2 is 2.25 bits per heavy atom. The molecular weight excluding hydrogens is 300 g/mol. The van der Waals surface area contributed by atoms with E-state index < -0.39 is 9.05 Å². The third-order valence-corrected chi connectivity index (χ3v) is 3.87. The van der Waals surface area contributed by atoms with Gasteiger partial charge in [-0.1, -0.05) is 6.92 Å². The van der Waals surface area contributed by atoms with Crippen molar-refractivity contribution in [1.82, 2.24) is 14.5 Å². The summed E-state index contributed by atoms with van der Waals surface area (Å²) in [5, 5.41) is 8.65. The maximum Gasteiger partial charge on any atom is 0.280 e. The van der Waals surface area contributed by atoms with E-state index in [0.29, 0.717) is 24.5 Å². The Bertz CT molecular complexity index is 777. The van der Waals surface area contributed by atoms with Crippen LogP contribution in [0.4, 0.5) is 0 Å². The van der Waals surface area contributed by atoms with Crippen molar-refractivity contribution in [3.05, 3.63) is 41.6 Å². The van der Waals surface area contributed by atoms with Gasteiger partial charge in [-0.3, -0.25) is 0 Å². The number of hydrogen-bond donors (Lipinski definition) is 0. The Balaban J connectivity index is 2.38. The van der Waals surface area contributed by atoms with Crippen molar-refractivity contribution in [1.29, 1.82) is 5.26 Å². The Hall–Kier alpha value is -1.91. The van der Waals surface area contributed by atoms with Crippen molar-refractivity contribution in [3.63, 3.8) is 0 Å². The van der Waals surface area contributed by atoms with Crippen molar-refractivity contribution in [2.24, 2.45) is 0 Å². The zero-order valence-electron chi connectivity index (χ0n) is 10.6. The van der Waals surface area contributed by atoms with Gasteiger partial charge >= 0.3 is 0 Å². The van der Waals surface area contributed by atoms with Crippen LogP contribution in [-0.2, 0) is 22.0 Å². The second kappa shape index (κ2) is 5.61. The van der Waals surface area contributed by atoms with Gasteiger partial charge in [-0.05, 0) is 17.7 Å². The number of halogens is 1. The normalized spacial score (nSPS) is 11.2. The van der Waals surface area contributed by atoms with Crippen LogP contribution >= 0.6 is 10.7 Å². The predicted octanol–water partition coefficient (Wildman–Crippen LogP) is 1.69. The molecule has 0 aliphatic rings. The number of nitrogens with zero attached hydrogens (tertiary/aromatic N) is 4. The molecule has 0 radical (unpaired) electrons. The minimum absolute atomic E-state index is 0.162. The van der Waals surface area contributed by atoms with Crippen LogP contribution in [0.2, 0.25) is 0 Å². The molecule has 0 fully saturated rings. The molecule has 0 spiro atoms. The van der Waals surface area contributed by atoms with Crippen molar-refractivity contribution in [3.8, 4) is 6.07 Å². The predicted molar refractivity (Wildman–Crippen MR) is 72.7 cm³/mol. The summed E-state index contributed by atoms with van der Waals surface area (Å²) in [4.78, 5) is 7.88. The molecule has 2 heterocycles. The highest BCUT2D eigenvalue weighted by Gasteiger charge is 2.17. The van der Waals surface area contributed by atoms with Crippen LogP contribution in [0.5, 0.6) is 0 Å². The van der Waals surface area contributed by atoms with Crippen molar-refractivity contribution < 1.29 is 8.42 Å². The second-order valence-electron chi connectivity index (χ2n) is 4.08. The zero-order chi connectivity index (χ0) is 14.8. The van der Waals surface area contributed by atoms with Crippen molar-refractivity contribution >= 4 is 19.7 Å². The standard InChI is InChI=1S/C12H11ClN4O2S/c1-2-11-16-12(20(13,18)19)8-17(11)7-9-3-4-15-10(5-9)6-14/h3-5,8H,2,7H2,1H3. The van der Waals surface area contributed by atoms with Gasteiger partial charge in [-0.15, -0.1) is 0 Å². The van der Waals surface area contributed by atoms with Crippen LogP contribution in [0.25, 0.3) is 0 Å². The summed E-state index contributed by atoms with van der Waals surface area (Å²) in [6.07, 6.45) is 3.51. The van der Waals surface area contributed by atoms with Gasteiger partial charge in [0.2, 0.25) is 0 Å². The molecule has 2 rings (SSSR count). The van der Waals surface area contributed by atoms with E-state index in [-0.39, 0.29) is 5.03 Å². The molecule has 2 aromatic rings. The first kappa shape index (κ1) is 14.5. The molecule has 6 nitrogen and oxygen atoms in total. The lowest BCUT2D eigenvalue weighted by atomic mass is 10.2. The number of hydrogen-bond acceptors (Lipinski definition) is 5. The molecule has 8 heteroatoms. The third-order valence-electron chi connectivity index (χ3n) is 2.69. The first-order valence-electron chi connectivity index (χ1n) is 5.79. The SMILES string of the molecule is CCc1nc(S(=O)(=O)Cl)cn1Cc1ccnc(C#N)c1. The molecule has 0 aliphatic carbocycles. The Morgan fingerprint density at radius 1 is 1.50 bits per heavy atom. The van der Waals surface area contributed by atoms with Crippen LogP contribution in [0.1, 0.15) is 24.0 Å². The van der Waals surface area contributed by atoms with E-state index in [1.807, 2.05) is 13.0 Å². The largest absolute Gasteiger partial charge is 0.329 e. The van der Waals surface area contributed by atoms with Gasteiger partial charge in [-0.2, -0.15) is 5.26 Å². The van der Waals surface area contributed by atoms with Crippen LogP contribution in [0, 0.1) is 11.3 Å². The number of rotatable bonds is 4. The van der Waals surface area contributed by atoms with Crippen LogP contribution in [-0.4, -0.2) is 23.0 Å². The Morgan fingerprint density at radius 3 is 2.85 bits per heavy atom. The zero-order valence-corrected chi connectivity index (χ0v) is 12.2. The van der Waals surface area contributed by atoms with E-state index in [4.69, 9.17) is 15.9 Å². The second-order valence-corrected chi connectivity index (χ2v) is 6.59. The number of imidazole rings is 1. The molecule has 20 heavy (non-hydrogen) atoms. The smallest absolute Gasteiger partial charge is 0.280 e. The van der Waals surface area contributed by atoms with E-state index >= 15 is 0 Å². The molecule has 0 atom stereocenters. The van der Waals surface area contributed by atoms with E-state index in [1.165, 1.54) is 12.4 Å². The average Bonchev–Trinajstić information content (AvgIpc) is 2.82. The summed E-state index contributed by atoms with van der Waals surface area (Å²) in [5.41, 5.74) is 1.15. The molecule has 104 valence electrons. The molecule has 0 aliphatic heterocycles. The lowest BCUT2D eigenvalue weighted by Crippen LogP contribution is -2.03. The lowest BCUT2D eigenvalue weighted by Gasteiger charge is -2.06. The van der Waals surface area contributed by atoms with Gasteiger partial charge in [-0.25, -0.2) is 18.4 Å². The van der Waals surface area contributed by atoms with E-state index in [2.05, 4.69) is 9.97 Å². The molecule has 0 unspecified atom stereocenters. The fraction of sp³-hybridized carbons (Fsp3) is 0.250. The van der Waals surface area contributed by atoms with Gasteiger partial charge in [0.15, 0.2) is 5.03 Å². The summed E-state index contributed by atoms with van der Waals surface area (Å²) in [5.74, 6) is 0.611. The number of nitriles is 1. The molecule has 0 aromatic carbocycles. The Kier molecular flexibility index (Phi) is 4.06. The fourth-order valence-electron chi connectivity index (χ4n) is 1.80. The first-order valence-corrected chi connectivity index (χ1v) is 8.10. The maximum absolute atomic E-state index is 11.3. The molecule has 0 N–H and O–H groups in total. The van der Waals surface area contributed by atoms with Crippen LogP contribution in [0.3, 0.4) is 0 Å². The molecule has 0 amide bonds. The lowest BCUT2D eigenvalue weighted by molar-refractivity contribution is 0.606. The summed E-state index contributed by atoms with van der Waals surface area (Å²) in [6.45, 7) is 2.27. The number of aryl methyl sites for hydroxylation is 1. The monoisotopic (exact) mass is 310 g/mol. The minimum atomic E-state index is -3.84. The topological polar surface area (TPSA) is 88.6 Å². The van der Waals surface area contributed by atoms with Gasteiger partial charge in [0.1, 0.15) is 17.6 Å². The number of pyridine rings is 1. The van der Waals surface area contributed by atoms with Crippen LogP contribution < -0.4 is 0 Å². The third kappa shape index (κ3) is 3.15. The molecular formula is C12H11ClN4O2S. The summed E-state index contributed by atoms with van der Waals surface area (Å²) < 4.78 is 24.3. The van der Waals surface area contributed by atoms with Crippen molar-refractivity contribution in [2.45, 2.75) is 24.9 Å². The van der Waals surface area contributed by atoms with Crippen molar-refractivity contribution in [2.75, 3.05) is 0 Å².